The normalized spacial score (nSPS) is 15.5. The standard InChI is InChI=1S/C22H26N2O6S/c1-3-5-14-29-22(26)16-10-12-17(13-11-16)23-21(25)20-15-24(31(27,28)4-2)18-8-6-7-9-19(18)30-20/h6-13,20H,3-5,14-15H2,1-2H3,(H,23,25)/t20-/m0/s1. The SMILES string of the molecule is CCCCOC(=O)c1ccc(NC(=O)[C@@H]2CN(S(=O)(=O)CC)c3ccccc3O2)cc1. The number of fused-ring (bicyclic) bond motifs is 1. The monoisotopic (exact) mass is 446 g/mol. The quantitative estimate of drug-likeness (QED) is 0.494. The van der Waals surface area contributed by atoms with Gasteiger partial charge in [0.1, 0.15) is 5.75 Å². The summed E-state index contributed by atoms with van der Waals surface area (Å²) < 4.78 is 37.2. The molecule has 8 nitrogen and oxygen atoms in total. The lowest BCUT2D eigenvalue weighted by atomic mass is 10.2. The number of rotatable bonds is 8. The van der Waals surface area contributed by atoms with E-state index in [0.29, 0.717) is 29.3 Å². The van der Waals surface area contributed by atoms with E-state index in [9.17, 15) is 18.0 Å². The highest BCUT2D eigenvalue weighted by molar-refractivity contribution is 7.92. The average Bonchev–Trinajstić information content (AvgIpc) is 2.78. The maximum Gasteiger partial charge on any atom is 0.338 e. The fraction of sp³-hybridized carbons (Fsp3) is 0.364. The van der Waals surface area contributed by atoms with Crippen LogP contribution in [-0.4, -0.2) is 45.3 Å². The van der Waals surface area contributed by atoms with Crippen LogP contribution in [0.3, 0.4) is 0 Å². The summed E-state index contributed by atoms with van der Waals surface area (Å²) in [6, 6.07) is 13.0. The molecule has 2 aromatic carbocycles. The maximum atomic E-state index is 12.8. The maximum absolute atomic E-state index is 12.8. The van der Waals surface area contributed by atoms with E-state index in [-0.39, 0.29) is 12.3 Å². The van der Waals surface area contributed by atoms with Crippen LogP contribution in [0.2, 0.25) is 0 Å². The number of hydrogen-bond donors (Lipinski definition) is 1. The Morgan fingerprint density at radius 3 is 2.52 bits per heavy atom. The Balaban J connectivity index is 1.70. The van der Waals surface area contributed by atoms with E-state index in [1.165, 1.54) is 4.31 Å². The van der Waals surface area contributed by atoms with Crippen molar-refractivity contribution in [2.24, 2.45) is 0 Å². The van der Waals surface area contributed by atoms with Gasteiger partial charge < -0.3 is 14.8 Å². The molecular weight excluding hydrogens is 420 g/mol. The van der Waals surface area contributed by atoms with Gasteiger partial charge in [0.2, 0.25) is 10.0 Å². The topological polar surface area (TPSA) is 102 Å². The molecule has 0 saturated carbocycles. The Kier molecular flexibility index (Phi) is 7.17. The number of sulfonamides is 1. The molecule has 1 atom stereocenters. The Morgan fingerprint density at radius 1 is 1.13 bits per heavy atom. The molecule has 1 amide bonds. The number of nitrogens with zero attached hydrogens (tertiary/aromatic N) is 1. The minimum Gasteiger partial charge on any atom is -0.476 e. The molecule has 0 radical (unpaired) electrons. The van der Waals surface area contributed by atoms with Crippen molar-refractivity contribution in [3.05, 3.63) is 54.1 Å². The number of para-hydroxylation sites is 2. The molecule has 0 fully saturated rings. The lowest BCUT2D eigenvalue weighted by molar-refractivity contribution is -0.122. The smallest absolute Gasteiger partial charge is 0.338 e. The molecule has 1 aliphatic heterocycles. The Morgan fingerprint density at radius 2 is 1.84 bits per heavy atom. The number of carbonyl (C=O) groups is 2. The average molecular weight is 447 g/mol. The van der Waals surface area contributed by atoms with Crippen LogP contribution in [-0.2, 0) is 19.6 Å². The van der Waals surface area contributed by atoms with Crippen molar-refractivity contribution in [3.8, 4) is 5.75 Å². The fourth-order valence-electron chi connectivity index (χ4n) is 3.06. The van der Waals surface area contributed by atoms with Gasteiger partial charge >= 0.3 is 5.97 Å². The van der Waals surface area contributed by atoms with E-state index in [1.54, 1.807) is 55.5 Å². The number of anilines is 2. The summed E-state index contributed by atoms with van der Waals surface area (Å²) >= 11 is 0. The second kappa shape index (κ2) is 9.82. The molecule has 0 spiro atoms. The van der Waals surface area contributed by atoms with Crippen LogP contribution in [0.5, 0.6) is 5.75 Å². The zero-order chi connectivity index (χ0) is 22.4. The highest BCUT2D eigenvalue weighted by atomic mass is 32.2. The van der Waals surface area contributed by atoms with E-state index < -0.39 is 28.0 Å². The summed E-state index contributed by atoms with van der Waals surface area (Å²) in [6.45, 7) is 3.81. The molecule has 31 heavy (non-hydrogen) atoms. The highest BCUT2D eigenvalue weighted by Gasteiger charge is 2.35. The first-order chi connectivity index (χ1) is 14.9. The number of nitrogens with one attached hydrogen (secondary N) is 1. The Hall–Kier alpha value is -3.07. The zero-order valence-corrected chi connectivity index (χ0v) is 18.4. The highest BCUT2D eigenvalue weighted by Crippen LogP contribution is 2.35. The summed E-state index contributed by atoms with van der Waals surface area (Å²) in [4.78, 5) is 24.8. The molecule has 2 aromatic rings. The molecule has 166 valence electrons. The summed E-state index contributed by atoms with van der Waals surface area (Å²) in [7, 11) is -3.58. The number of esters is 1. The molecule has 0 saturated heterocycles. The van der Waals surface area contributed by atoms with E-state index in [4.69, 9.17) is 9.47 Å². The van der Waals surface area contributed by atoms with Crippen molar-refractivity contribution in [1.29, 1.82) is 0 Å². The number of carbonyl (C=O) groups excluding carboxylic acids is 2. The summed E-state index contributed by atoms with van der Waals surface area (Å²) in [6.07, 6.45) is 0.716. The van der Waals surface area contributed by atoms with Gasteiger partial charge in [-0.15, -0.1) is 0 Å². The fourth-order valence-corrected chi connectivity index (χ4v) is 4.19. The van der Waals surface area contributed by atoms with Crippen molar-refractivity contribution >= 4 is 33.3 Å². The van der Waals surface area contributed by atoms with Gasteiger partial charge in [-0.2, -0.15) is 0 Å². The van der Waals surface area contributed by atoms with E-state index in [0.717, 1.165) is 12.8 Å². The third-order valence-electron chi connectivity index (χ3n) is 4.85. The predicted octanol–water partition coefficient (Wildman–Crippen LogP) is 3.20. The van der Waals surface area contributed by atoms with Crippen LogP contribution in [0.4, 0.5) is 11.4 Å². The van der Waals surface area contributed by atoms with Gasteiger partial charge in [0.15, 0.2) is 6.10 Å². The molecule has 0 unspecified atom stereocenters. The largest absolute Gasteiger partial charge is 0.476 e. The lowest BCUT2D eigenvalue weighted by Crippen LogP contribution is -2.49. The summed E-state index contributed by atoms with van der Waals surface area (Å²) in [5.41, 5.74) is 1.26. The van der Waals surface area contributed by atoms with Crippen LogP contribution in [0, 0.1) is 0 Å². The van der Waals surface area contributed by atoms with Crippen molar-refractivity contribution < 1.29 is 27.5 Å². The van der Waals surface area contributed by atoms with Crippen LogP contribution in [0.1, 0.15) is 37.0 Å². The Bertz CT molecular complexity index is 1040. The summed E-state index contributed by atoms with van der Waals surface area (Å²) in [5.74, 6) is -0.662. The molecule has 9 heteroatoms. The molecule has 3 rings (SSSR count). The van der Waals surface area contributed by atoms with Crippen LogP contribution in [0.25, 0.3) is 0 Å². The minimum atomic E-state index is -3.58. The van der Waals surface area contributed by atoms with Gasteiger partial charge in [-0.05, 0) is 49.7 Å². The predicted molar refractivity (Wildman–Crippen MR) is 118 cm³/mol. The molecule has 1 N–H and O–H groups in total. The van der Waals surface area contributed by atoms with Crippen molar-refractivity contribution in [1.82, 2.24) is 0 Å². The first-order valence-corrected chi connectivity index (χ1v) is 11.8. The summed E-state index contributed by atoms with van der Waals surface area (Å²) in [5, 5.41) is 2.71. The van der Waals surface area contributed by atoms with E-state index in [2.05, 4.69) is 5.32 Å². The third kappa shape index (κ3) is 5.35. The molecule has 0 bridgehead atoms. The molecular formula is C22H26N2O6S. The second-order valence-electron chi connectivity index (χ2n) is 7.06. The van der Waals surface area contributed by atoms with Crippen molar-refractivity contribution in [2.45, 2.75) is 32.8 Å². The van der Waals surface area contributed by atoms with Gasteiger partial charge in [-0.1, -0.05) is 25.5 Å². The first-order valence-electron chi connectivity index (χ1n) is 10.2. The van der Waals surface area contributed by atoms with Crippen LogP contribution in [0.15, 0.2) is 48.5 Å². The number of benzene rings is 2. The zero-order valence-electron chi connectivity index (χ0n) is 17.5. The first kappa shape index (κ1) is 22.6. The number of unbranched alkanes of at least 4 members (excludes halogenated alkanes) is 1. The number of ether oxygens (including phenoxy) is 2. The van der Waals surface area contributed by atoms with Crippen LogP contribution >= 0.6 is 0 Å². The minimum absolute atomic E-state index is 0.0918. The molecule has 0 aromatic heterocycles. The van der Waals surface area contributed by atoms with Crippen molar-refractivity contribution in [2.75, 3.05) is 28.5 Å². The molecule has 0 aliphatic carbocycles. The third-order valence-corrected chi connectivity index (χ3v) is 6.59. The lowest BCUT2D eigenvalue weighted by Gasteiger charge is -2.34. The number of amides is 1. The van der Waals surface area contributed by atoms with E-state index in [1.807, 2.05) is 6.92 Å². The van der Waals surface area contributed by atoms with Gasteiger partial charge in [0.05, 0.1) is 30.2 Å². The van der Waals surface area contributed by atoms with Gasteiger partial charge in [-0.3, -0.25) is 9.10 Å². The van der Waals surface area contributed by atoms with Gasteiger partial charge in [0, 0.05) is 5.69 Å². The van der Waals surface area contributed by atoms with Gasteiger partial charge in [0.25, 0.3) is 5.91 Å². The molecule has 1 heterocycles. The second-order valence-corrected chi connectivity index (χ2v) is 9.24. The van der Waals surface area contributed by atoms with Crippen molar-refractivity contribution in [3.63, 3.8) is 0 Å². The van der Waals surface area contributed by atoms with E-state index >= 15 is 0 Å². The number of hydrogen-bond acceptors (Lipinski definition) is 6. The van der Waals surface area contributed by atoms with Crippen LogP contribution < -0.4 is 14.4 Å². The molecule has 1 aliphatic rings. The van der Waals surface area contributed by atoms with Gasteiger partial charge in [-0.25, -0.2) is 13.2 Å². The Labute approximate surface area is 182 Å².